The third-order valence-corrected chi connectivity index (χ3v) is 4.16. The Balaban J connectivity index is 1.84. The van der Waals surface area contributed by atoms with Crippen LogP contribution in [0.5, 0.6) is 0 Å². The second kappa shape index (κ2) is 5.24. The summed E-state index contributed by atoms with van der Waals surface area (Å²) in [6, 6.07) is 2.18. The number of hydrogen-bond acceptors (Lipinski definition) is 3. The summed E-state index contributed by atoms with van der Waals surface area (Å²) in [7, 11) is 0. The zero-order valence-corrected chi connectivity index (χ0v) is 11.2. The fourth-order valence-corrected chi connectivity index (χ4v) is 3.16. The molecule has 2 aliphatic heterocycles. The smallest absolute Gasteiger partial charge is 0.351 e. The minimum atomic E-state index is -4.09. The molecule has 0 bridgehead atoms. The third-order valence-electron chi connectivity index (χ3n) is 4.16. The lowest BCUT2D eigenvalue weighted by molar-refractivity contribution is -0.134. The summed E-state index contributed by atoms with van der Waals surface area (Å²) in [5, 5.41) is 3.36. The van der Waals surface area contributed by atoms with Crippen molar-refractivity contribution in [3.8, 4) is 0 Å². The molecule has 3 rings (SSSR count). The maximum absolute atomic E-state index is 12.4. The minimum Gasteiger partial charge on any atom is -0.351 e. The Morgan fingerprint density at radius 3 is 3.05 bits per heavy atom. The van der Waals surface area contributed by atoms with Crippen molar-refractivity contribution >= 4 is 5.82 Å². The quantitative estimate of drug-likeness (QED) is 0.903. The number of hydrogen-bond donors (Lipinski definition) is 1. The van der Waals surface area contributed by atoms with Gasteiger partial charge in [-0.1, -0.05) is 0 Å². The molecule has 20 heavy (non-hydrogen) atoms. The van der Waals surface area contributed by atoms with E-state index in [4.69, 9.17) is 0 Å². The van der Waals surface area contributed by atoms with Crippen LogP contribution in [0.1, 0.15) is 24.0 Å². The van der Waals surface area contributed by atoms with Gasteiger partial charge in [0, 0.05) is 38.3 Å². The standard InChI is InChI=1S/C14H18F3N3/c15-14(16,17)5-3-10-4-6-19-13-12(10)2-1-11-9-18-7-8-20(11)13/h4,6,11,18H,1-3,5,7-9H2/t11-/m1/s1. The molecule has 1 fully saturated rings. The maximum atomic E-state index is 12.4. The summed E-state index contributed by atoms with van der Waals surface area (Å²) in [6.45, 7) is 2.73. The van der Waals surface area contributed by atoms with E-state index in [-0.39, 0.29) is 6.42 Å². The van der Waals surface area contributed by atoms with Crippen LogP contribution in [-0.4, -0.2) is 36.8 Å². The van der Waals surface area contributed by atoms with Gasteiger partial charge < -0.3 is 10.2 Å². The van der Waals surface area contributed by atoms with E-state index in [1.807, 2.05) is 0 Å². The van der Waals surface area contributed by atoms with Gasteiger partial charge in [-0.15, -0.1) is 0 Å². The SMILES string of the molecule is FC(F)(F)CCc1ccnc2c1CC[C@@H]1CNCCN21. The molecular formula is C14H18F3N3. The van der Waals surface area contributed by atoms with Crippen LogP contribution in [0.2, 0.25) is 0 Å². The number of rotatable bonds is 2. The highest BCUT2D eigenvalue weighted by Crippen LogP contribution is 2.33. The number of halogens is 3. The zero-order chi connectivity index (χ0) is 14.2. The molecule has 1 N–H and O–H groups in total. The average Bonchev–Trinajstić information content (AvgIpc) is 2.44. The molecular weight excluding hydrogens is 267 g/mol. The Bertz CT molecular complexity index is 487. The summed E-state index contributed by atoms with van der Waals surface area (Å²) in [4.78, 5) is 6.68. The number of piperazine rings is 1. The average molecular weight is 285 g/mol. The molecule has 1 aromatic heterocycles. The van der Waals surface area contributed by atoms with Crippen LogP contribution >= 0.6 is 0 Å². The fourth-order valence-electron chi connectivity index (χ4n) is 3.16. The number of nitrogens with zero attached hydrogens (tertiary/aromatic N) is 2. The summed E-state index contributed by atoms with van der Waals surface area (Å²) >= 11 is 0. The van der Waals surface area contributed by atoms with Gasteiger partial charge in [0.15, 0.2) is 0 Å². The summed E-state index contributed by atoms with van der Waals surface area (Å²) in [5.74, 6) is 0.905. The predicted molar refractivity (Wildman–Crippen MR) is 70.9 cm³/mol. The van der Waals surface area contributed by atoms with E-state index in [1.165, 1.54) is 0 Å². The molecule has 2 aliphatic rings. The van der Waals surface area contributed by atoms with Crippen LogP contribution in [0.15, 0.2) is 12.3 Å². The zero-order valence-electron chi connectivity index (χ0n) is 11.2. The number of pyridine rings is 1. The Morgan fingerprint density at radius 2 is 2.25 bits per heavy atom. The first kappa shape index (κ1) is 13.7. The van der Waals surface area contributed by atoms with E-state index in [9.17, 15) is 13.2 Å². The number of aromatic nitrogens is 1. The van der Waals surface area contributed by atoms with Gasteiger partial charge in [-0.05, 0) is 36.5 Å². The van der Waals surface area contributed by atoms with E-state index in [2.05, 4.69) is 15.2 Å². The van der Waals surface area contributed by atoms with Crippen molar-refractivity contribution in [1.29, 1.82) is 0 Å². The molecule has 6 heteroatoms. The molecule has 0 unspecified atom stereocenters. The molecule has 0 aliphatic carbocycles. The lowest BCUT2D eigenvalue weighted by Gasteiger charge is -2.42. The monoisotopic (exact) mass is 285 g/mol. The Labute approximate surface area is 116 Å². The molecule has 0 radical (unpaired) electrons. The molecule has 0 aromatic carbocycles. The highest BCUT2D eigenvalue weighted by atomic mass is 19.4. The van der Waals surface area contributed by atoms with Crippen molar-refractivity contribution in [1.82, 2.24) is 10.3 Å². The highest BCUT2D eigenvalue weighted by Gasteiger charge is 2.32. The first-order valence-electron chi connectivity index (χ1n) is 7.05. The topological polar surface area (TPSA) is 28.2 Å². The second-order valence-electron chi connectivity index (χ2n) is 5.48. The van der Waals surface area contributed by atoms with E-state index < -0.39 is 12.6 Å². The van der Waals surface area contributed by atoms with Gasteiger partial charge in [0.1, 0.15) is 5.82 Å². The van der Waals surface area contributed by atoms with Crippen molar-refractivity contribution in [3.63, 3.8) is 0 Å². The van der Waals surface area contributed by atoms with Gasteiger partial charge in [0.05, 0.1) is 0 Å². The van der Waals surface area contributed by atoms with Crippen LogP contribution in [0, 0.1) is 0 Å². The van der Waals surface area contributed by atoms with E-state index >= 15 is 0 Å². The largest absolute Gasteiger partial charge is 0.389 e. The van der Waals surface area contributed by atoms with Crippen molar-refractivity contribution in [2.75, 3.05) is 24.5 Å². The third kappa shape index (κ3) is 2.75. The van der Waals surface area contributed by atoms with Crippen LogP contribution in [0.25, 0.3) is 0 Å². The Morgan fingerprint density at radius 1 is 1.40 bits per heavy atom. The minimum absolute atomic E-state index is 0.0606. The molecule has 0 saturated carbocycles. The first-order chi connectivity index (χ1) is 9.54. The van der Waals surface area contributed by atoms with Crippen LogP contribution in [-0.2, 0) is 12.8 Å². The number of fused-ring (bicyclic) bond motifs is 3. The van der Waals surface area contributed by atoms with Crippen molar-refractivity contribution in [2.24, 2.45) is 0 Å². The van der Waals surface area contributed by atoms with Crippen LogP contribution < -0.4 is 10.2 Å². The van der Waals surface area contributed by atoms with E-state index in [1.54, 1.807) is 12.3 Å². The highest BCUT2D eigenvalue weighted by molar-refractivity contribution is 5.54. The molecule has 1 aromatic rings. The van der Waals surface area contributed by atoms with Crippen molar-refractivity contribution < 1.29 is 13.2 Å². The van der Waals surface area contributed by atoms with Crippen LogP contribution in [0.4, 0.5) is 19.0 Å². The molecule has 3 heterocycles. The second-order valence-corrected chi connectivity index (χ2v) is 5.48. The van der Waals surface area contributed by atoms with Crippen molar-refractivity contribution in [2.45, 2.75) is 37.9 Å². The number of nitrogens with one attached hydrogen (secondary N) is 1. The van der Waals surface area contributed by atoms with Gasteiger partial charge in [-0.3, -0.25) is 0 Å². The fraction of sp³-hybridized carbons (Fsp3) is 0.643. The van der Waals surface area contributed by atoms with E-state index in [0.29, 0.717) is 6.04 Å². The predicted octanol–water partition coefficient (Wildman–Crippen LogP) is 2.30. The molecule has 3 nitrogen and oxygen atoms in total. The molecule has 0 spiro atoms. The summed E-state index contributed by atoms with van der Waals surface area (Å²) in [5.41, 5.74) is 1.83. The maximum Gasteiger partial charge on any atom is 0.389 e. The number of anilines is 1. The normalized spacial score (nSPS) is 22.4. The van der Waals surface area contributed by atoms with Crippen LogP contribution in [0.3, 0.4) is 0 Å². The molecule has 1 atom stereocenters. The Kier molecular flexibility index (Phi) is 3.58. The molecule has 1 saturated heterocycles. The Hall–Kier alpha value is -1.30. The van der Waals surface area contributed by atoms with Gasteiger partial charge in [-0.25, -0.2) is 4.98 Å². The first-order valence-corrected chi connectivity index (χ1v) is 7.05. The number of alkyl halides is 3. The molecule has 110 valence electrons. The van der Waals surface area contributed by atoms with Crippen molar-refractivity contribution in [3.05, 3.63) is 23.4 Å². The summed E-state index contributed by atoms with van der Waals surface area (Å²) in [6.07, 6.45) is -1.32. The summed E-state index contributed by atoms with van der Waals surface area (Å²) < 4.78 is 37.2. The van der Waals surface area contributed by atoms with E-state index in [0.717, 1.165) is 49.4 Å². The molecule has 0 amide bonds. The number of aryl methyl sites for hydroxylation is 1. The van der Waals surface area contributed by atoms with Gasteiger partial charge in [0.2, 0.25) is 0 Å². The van der Waals surface area contributed by atoms with Gasteiger partial charge in [-0.2, -0.15) is 13.2 Å². The van der Waals surface area contributed by atoms with Gasteiger partial charge >= 0.3 is 6.18 Å². The van der Waals surface area contributed by atoms with Gasteiger partial charge in [0.25, 0.3) is 0 Å². The lowest BCUT2D eigenvalue weighted by atomic mass is 9.92. The lowest BCUT2D eigenvalue weighted by Crippen LogP contribution is -2.53.